The van der Waals surface area contributed by atoms with Crippen LogP contribution in [0.3, 0.4) is 0 Å². The molecule has 0 radical (unpaired) electrons. The van der Waals surface area contributed by atoms with E-state index in [0.717, 1.165) is 40.6 Å². The molecule has 0 unspecified atom stereocenters. The molecule has 10 heteroatoms. The second-order valence-electron chi connectivity index (χ2n) is 6.71. The van der Waals surface area contributed by atoms with Crippen molar-refractivity contribution in [1.82, 2.24) is 15.3 Å². The van der Waals surface area contributed by atoms with E-state index < -0.39 is 23.1 Å². The molecule has 1 fully saturated rings. The van der Waals surface area contributed by atoms with E-state index in [1.54, 1.807) is 5.38 Å². The summed E-state index contributed by atoms with van der Waals surface area (Å²) < 4.78 is 14.4. The van der Waals surface area contributed by atoms with Gasteiger partial charge >= 0.3 is 5.97 Å². The van der Waals surface area contributed by atoms with Crippen molar-refractivity contribution in [2.24, 2.45) is 5.92 Å². The van der Waals surface area contributed by atoms with Gasteiger partial charge in [-0.3, -0.25) is 4.79 Å². The third-order valence-electron chi connectivity index (χ3n) is 4.49. The summed E-state index contributed by atoms with van der Waals surface area (Å²) in [5.74, 6) is -2.51. The zero-order valence-corrected chi connectivity index (χ0v) is 16.9. The van der Waals surface area contributed by atoms with Gasteiger partial charge in [-0.2, -0.15) is 0 Å². The molecule has 2 heterocycles. The van der Waals surface area contributed by atoms with Crippen LogP contribution in [0, 0.1) is 18.7 Å². The third-order valence-corrected chi connectivity index (χ3v) is 6.54. The van der Waals surface area contributed by atoms with Crippen molar-refractivity contribution in [2.75, 3.05) is 0 Å². The highest BCUT2D eigenvalue weighted by Crippen LogP contribution is 2.37. The summed E-state index contributed by atoms with van der Waals surface area (Å²) in [6, 6.07) is 1.85. The summed E-state index contributed by atoms with van der Waals surface area (Å²) in [7, 11) is 0. The Kier molecular flexibility index (Phi) is 5.05. The van der Waals surface area contributed by atoms with Gasteiger partial charge in [0, 0.05) is 16.9 Å². The van der Waals surface area contributed by atoms with Crippen molar-refractivity contribution in [2.45, 2.75) is 26.3 Å². The first-order chi connectivity index (χ1) is 13.8. The number of aromatic carboxylic acids is 1. The van der Waals surface area contributed by atoms with Crippen LogP contribution in [0.25, 0.3) is 21.1 Å². The van der Waals surface area contributed by atoms with E-state index in [1.807, 2.05) is 6.92 Å². The van der Waals surface area contributed by atoms with Crippen molar-refractivity contribution in [1.29, 1.82) is 0 Å². The molecule has 0 atom stereocenters. The normalized spacial score (nSPS) is 13.4. The number of rotatable bonds is 6. The van der Waals surface area contributed by atoms with Gasteiger partial charge in [-0.15, -0.1) is 22.7 Å². The van der Waals surface area contributed by atoms with Crippen LogP contribution in [-0.2, 0) is 11.3 Å². The molecule has 1 aliphatic rings. The van der Waals surface area contributed by atoms with Crippen LogP contribution in [-0.4, -0.2) is 32.1 Å². The summed E-state index contributed by atoms with van der Waals surface area (Å²) >= 11 is 2.59. The highest BCUT2D eigenvalue weighted by atomic mass is 32.1. The van der Waals surface area contributed by atoms with Crippen LogP contribution in [0.1, 0.15) is 33.9 Å². The molecule has 0 bridgehead atoms. The Labute approximate surface area is 172 Å². The van der Waals surface area contributed by atoms with E-state index in [2.05, 4.69) is 15.3 Å². The lowest BCUT2D eigenvalue weighted by molar-refractivity contribution is -0.122. The predicted octanol–water partition coefficient (Wildman–Crippen LogP) is 3.81. The quantitative estimate of drug-likeness (QED) is 0.545. The molecular formula is C19H16FN3O4S2. The number of carboxylic acids is 1. The number of thiazole rings is 2. The van der Waals surface area contributed by atoms with Crippen LogP contribution < -0.4 is 5.32 Å². The largest absolute Gasteiger partial charge is 0.507 e. The summed E-state index contributed by atoms with van der Waals surface area (Å²) in [5, 5.41) is 24.5. The van der Waals surface area contributed by atoms with Gasteiger partial charge in [0.1, 0.15) is 27.1 Å². The Morgan fingerprint density at radius 1 is 1.31 bits per heavy atom. The molecule has 1 saturated carbocycles. The lowest BCUT2D eigenvalue weighted by Crippen LogP contribution is -2.23. The molecule has 1 amide bonds. The van der Waals surface area contributed by atoms with Crippen molar-refractivity contribution < 1.29 is 24.2 Å². The van der Waals surface area contributed by atoms with E-state index >= 15 is 0 Å². The monoisotopic (exact) mass is 433 g/mol. The summed E-state index contributed by atoms with van der Waals surface area (Å²) in [6.07, 6.45) is 1.88. The van der Waals surface area contributed by atoms with Crippen molar-refractivity contribution >= 4 is 34.6 Å². The lowest BCUT2D eigenvalue weighted by Gasteiger charge is -2.04. The number of amides is 1. The maximum Gasteiger partial charge on any atom is 0.339 e. The Hall–Kier alpha value is -2.85. The topological polar surface area (TPSA) is 112 Å². The zero-order valence-electron chi connectivity index (χ0n) is 15.2. The van der Waals surface area contributed by atoms with Gasteiger partial charge in [-0.05, 0) is 31.9 Å². The fraction of sp³-hybridized carbons (Fsp3) is 0.263. The van der Waals surface area contributed by atoms with Crippen LogP contribution in [0.15, 0.2) is 17.5 Å². The van der Waals surface area contributed by atoms with E-state index in [9.17, 15) is 19.1 Å². The Morgan fingerprint density at radius 3 is 2.76 bits per heavy atom. The number of hydrogen-bond acceptors (Lipinski definition) is 7. The number of phenols is 1. The molecule has 2 aromatic heterocycles. The smallest absolute Gasteiger partial charge is 0.339 e. The number of aromatic nitrogens is 2. The summed E-state index contributed by atoms with van der Waals surface area (Å²) in [5.41, 5.74) is 0.898. The van der Waals surface area contributed by atoms with Crippen molar-refractivity contribution in [3.8, 4) is 26.9 Å². The highest BCUT2D eigenvalue weighted by Gasteiger charge is 2.29. The minimum Gasteiger partial charge on any atom is -0.507 e. The molecule has 0 aliphatic heterocycles. The highest BCUT2D eigenvalue weighted by molar-refractivity contribution is 7.16. The van der Waals surface area contributed by atoms with E-state index in [4.69, 9.17) is 5.11 Å². The molecule has 1 aliphatic carbocycles. The molecule has 150 valence electrons. The minimum atomic E-state index is -1.41. The molecule has 0 spiro atoms. The van der Waals surface area contributed by atoms with Crippen LogP contribution in [0.2, 0.25) is 0 Å². The minimum absolute atomic E-state index is 0.0304. The van der Waals surface area contributed by atoms with Crippen LogP contribution in [0.4, 0.5) is 4.39 Å². The number of carbonyl (C=O) groups excluding carboxylic acids is 1. The number of aryl methyl sites for hydroxylation is 1. The van der Waals surface area contributed by atoms with Gasteiger partial charge in [-0.25, -0.2) is 19.2 Å². The van der Waals surface area contributed by atoms with E-state index in [-0.39, 0.29) is 17.4 Å². The van der Waals surface area contributed by atoms with Gasteiger partial charge in [0.15, 0.2) is 0 Å². The molecule has 3 aromatic rings. The number of halogens is 1. The molecule has 3 N–H and O–H groups in total. The summed E-state index contributed by atoms with van der Waals surface area (Å²) in [4.78, 5) is 32.5. The average molecular weight is 433 g/mol. The van der Waals surface area contributed by atoms with Crippen LogP contribution in [0.5, 0.6) is 5.75 Å². The van der Waals surface area contributed by atoms with Gasteiger partial charge in [0.2, 0.25) is 5.91 Å². The number of nitrogens with one attached hydrogen (secondary N) is 1. The van der Waals surface area contributed by atoms with E-state index in [1.165, 1.54) is 22.7 Å². The average Bonchev–Trinajstić information content (AvgIpc) is 3.30. The first-order valence-corrected chi connectivity index (χ1v) is 10.5. The number of carbonyl (C=O) groups is 2. The maximum absolute atomic E-state index is 14.4. The first kappa shape index (κ1) is 19.5. The van der Waals surface area contributed by atoms with Gasteiger partial charge in [0.05, 0.1) is 22.8 Å². The lowest BCUT2D eigenvalue weighted by atomic mass is 10.1. The Balaban J connectivity index is 1.57. The second-order valence-corrected chi connectivity index (χ2v) is 8.65. The molecule has 4 rings (SSSR count). The standard InChI is InChI=1S/C19H16FN3O4S2/c1-8-16(29-15(22-8)6-21-17(25)9-2-3-9)13-7-28-18(23-13)10-5-14(24)11(19(26)27)4-12(10)20/h4-5,7,9,24H,2-3,6H2,1H3,(H,21,25)(H,26,27). The number of hydrogen-bond donors (Lipinski definition) is 3. The number of benzene rings is 1. The van der Waals surface area contributed by atoms with Gasteiger partial charge < -0.3 is 15.5 Å². The van der Waals surface area contributed by atoms with Gasteiger partial charge in [-0.1, -0.05) is 0 Å². The Bertz CT molecular complexity index is 1120. The molecule has 29 heavy (non-hydrogen) atoms. The second kappa shape index (κ2) is 7.53. The van der Waals surface area contributed by atoms with Crippen molar-refractivity contribution in [3.05, 3.63) is 39.6 Å². The maximum atomic E-state index is 14.4. The van der Waals surface area contributed by atoms with Crippen LogP contribution >= 0.6 is 22.7 Å². The number of aromatic hydroxyl groups is 1. The molecular weight excluding hydrogens is 417 g/mol. The van der Waals surface area contributed by atoms with E-state index in [0.29, 0.717) is 17.2 Å². The zero-order chi connectivity index (χ0) is 20.7. The summed E-state index contributed by atoms with van der Waals surface area (Å²) in [6.45, 7) is 2.20. The molecule has 0 saturated heterocycles. The fourth-order valence-corrected chi connectivity index (χ4v) is 4.68. The third kappa shape index (κ3) is 3.99. The molecule has 1 aromatic carbocycles. The van der Waals surface area contributed by atoms with Crippen molar-refractivity contribution in [3.63, 3.8) is 0 Å². The molecule has 7 nitrogen and oxygen atoms in total. The Morgan fingerprint density at radius 2 is 2.07 bits per heavy atom. The van der Waals surface area contributed by atoms with Gasteiger partial charge in [0.25, 0.3) is 0 Å². The SMILES string of the molecule is Cc1nc(CNC(=O)C2CC2)sc1-c1csc(-c2cc(O)c(C(=O)O)cc2F)n1. The predicted molar refractivity (Wildman–Crippen MR) is 107 cm³/mol. The number of nitrogens with zero attached hydrogens (tertiary/aromatic N) is 2. The first-order valence-electron chi connectivity index (χ1n) is 8.79. The fourth-order valence-electron chi connectivity index (χ4n) is 2.82. The number of carboxylic acid groups (broad SMARTS) is 1.